The number of hydrogen-bond acceptors (Lipinski definition) is 5. The SMILES string of the molecule is COc1cc(OC)c(OC)cc1CNC(=O)CNc1ccccc1.Cl. The number of halogens is 1. The van der Waals surface area contributed by atoms with E-state index >= 15 is 0 Å². The highest BCUT2D eigenvalue weighted by Gasteiger charge is 2.12. The third-order valence-electron chi connectivity index (χ3n) is 3.49. The first-order valence-corrected chi connectivity index (χ1v) is 7.52. The van der Waals surface area contributed by atoms with Crippen molar-refractivity contribution in [2.45, 2.75) is 6.54 Å². The fraction of sp³-hybridized carbons (Fsp3) is 0.278. The first-order chi connectivity index (χ1) is 11.7. The van der Waals surface area contributed by atoms with E-state index < -0.39 is 0 Å². The molecule has 0 radical (unpaired) electrons. The summed E-state index contributed by atoms with van der Waals surface area (Å²) >= 11 is 0. The summed E-state index contributed by atoms with van der Waals surface area (Å²) in [5, 5.41) is 5.92. The van der Waals surface area contributed by atoms with Crippen LogP contribution in [0.15, 0.2) is 42.5 Å². The minimum Gasteiger partial charge on any atom is -0.496 e. The molecule has 2 aromatic carbocycles. The Morgan fingerprint density at radius 1 is 0.920 bits per heavy atom. The summed E-state index contributed by atoms with van der Waals surface area (Å²) in [5.41, 5.74) is 1.71. The van der Waals surface area contributed by atoms with Gasteiger partial charge in [-0.2, -0.15) is 0 Å². The zero-order valence-corrected chi connectivity index (χ0v) is 15.3. The molecule has 0 aliphatic heterocycles. The minimum absolute atomic E-state index is 0. The molecule has 0 unspecified atom stereocenters. The number of methoxy groups -OCH3 is 3. The summed E-state index contributed by atoms with van der Waals surface area (Å²) in [6.45, 7) is 0.526. The predicted molar refractivity (Wildman–Crippen MR) is 100 cm³/mol. The Kier molecular flexibility index (Phi) is 8.43. The van der Waals surface area contributed by atoms with Gasteiger partial charge in [0.05, 0.1) is 27.9 Å². The van der Waals surface area contributed by atoms with Crippen molar-refractivity contribution in [2.24, 2.45) is 0 Å². The van der Waals surface area contributed by atoms with Crippen LogP contribution in [0.5, 0.6) is 17.2 Å². The Morgan fingerprint density at radius 2 is 1.52 bits per heavy atom. The lowest BCUT2D eigenvalue weighted by Crippen LogP contribution is -2.29. The van der Waals surface area contributed by atoms with Crippen molar-refractivity contribution in [3.8, 4) is 17.2 Å². The second-order valence-electron chi connectivity index (χ2n) is 5.02. The molecule has 0 atom stereocenters. The number of ether oxygens (including phenoxy) is 3. The lowest BCUT2D eigenvalue weighted by molar-refractivity contribution is -0.119. The van der Waals surface area contributed by atoms with Gasteiger partial charge in [0.15, 0.2) is 11.5 Å². The van der Waals surface area contributed by atoms with E-state index in [-0.39, 0.29) is 24.9 Å². The number of amides is 1. The molecule has 136 valence electrons. The molecule has 0 aromatic heterocycles. The van der Waals surface area contributed by atoms with Crippen LogP contribution in [0.2, 0.25) is 0 Å². The molecule has 0 bridgehead atoms. The van der Waals surface area contributed by atoms with E-state index in [9.17, 15) is 4.79 Å². The molecule has 25 heavy (non-hydrogen) atoms. The Labute approximate surface area is 153 Å². The van der Waals surface area contributed by atoms with Crippen molar-refractivity contribution in [2.75, 3.05) is 33.2 Å². The van der Waals surface area contributed by atoms with Crippen LogP contribution >= 0.6 is 12.4 Å². The van der Waals surface area contributed by atoms with Crippen LogP contribution in [-0.4, -0.2) is 33.8 Å². The van der Waals surface area contributed by atoms with Gasteiger partial charge in [-0.1, -0.05) is 18.2 Å². The average molecular weight is 367 g/mol. The van der Waals surface area contributed by atoms with Crippen LogP contribution in [0.3, 0.4) is 0 Å². The molecule has 0 aliphatic rings. The summed E-state index contributed by atoms with van der Waals surface area (Å²) in [6.07, 6.45) is 0. The van der Waals surface area contributed by atoms with E-state index in [4.69, 9.17) is 14.2 Å². The molecule has 6 nitrogen and oxygen atoms in total. The number of nitrogens with one attached hydrogen (secondary N) is 2. The quantitative estimate of drug-likeness (QED) is 0.751. The van der Waals surface area contributed by atoms with Crippen molar-refractivity contribution in [3.63, 3.8) is 0 Å². The fourth-order valence-electron chi connectivity index (χ4n) is 2.23. The summed E-state index contributed by atoms with van der Waals surface area (Å²) in [7, 11) is 4.70. The molecule has 2 rings (SSSR count). The molecule has 1 amide bonds. The molecular formula is C18H23ClN2O4. The van der Waals surface area contributed by atoms with Crippen molar-refractivity contribution in [1.29, 1.82) is 0 Å². The standard InChI is InChI=1S/C18H22N2O4.ClH/c1-22-15-10-17(24-3)16(23-2)9-13(15)11-20-18(21)12-19-14-7-5-4-6-8-14;/h4-10,19H,11-12H2,1-3H3,(H,20,21);1H. The van der Waals surface area contributed by atoms with Gasteiger partial charge in [0, 0.05) is 23.9 Å². The molecule has 0 heterocycles. The lowest BCUT2D eigenvalue weighted by Gasteiger charge is -2.15. The number of rotatable bonds is 8. The number of hydrogen-bond donors (Lipinski definition) is 2. The zero-order chi connectivity index (χ0) is 17.4. The Bertz CT molecular complexity index is 680. The topological polar surface area (TPSA) is 68.8 Å². The Hall–Kier alpha value is -2.60. The second kappa shape index (κ2) is 10.3. The maximum absolute atomic E-state index is 12.0. The normalized spacial score (nSPS) is 9.56. The lowest BCUT2D eigenvalue weighted by atomic mass is 10.1. The third-order valence-corrected chi connectivity index (χ3v) is 3.49. The molecule has 2 aromatic rings. The minimum atomic E-state index is -0.115. The molecule has 0 fully saturated rings. The van der Waals surface area contributed by atoms with Crippen molar-refractivity contribution in [3.05, 3.63) is 48.0 Å². The van der Waals surface area contributed by atoms with Crippen LogP contribution in [0, 0.1) is 0 Å². The van der Waals surface area contributed by atoms with E-state index in [1.54, 1.807) is 33.5 Å². The summed E-state index contributed by atoms with van der Waals surface area (Å²) in [5.74, 6) is 1.68. The smallest absolute Gasteiger partial charge is 0.239 e. The van der Waals surface area contributed by atoms with Crippen molar-refractivity contribution >= 4 is 24.0 Å². The van der Waals surface area contributed by atoms with Gasteiger partial charge in [-0.25, -0.2) is 0 Å². The maximum atomic E-state index is 12.0. The molecule has 0 aliphatic carbocycles. The molecule has 2 N–H and O–H groups in total. The van der Waals surface area contributed by atoms with Gasteiger partial charge < -0.3 is 24.8 Å². The first-order valence-electron chi connectivity index (χ1n) is 7.52. The second-order valence-corrected chi connectivity index (χ2v) is 5.02. The molecule has 0 saturated carbocycles. The number of carbonyl (C=O) groups is 1. The van der Waals surface area contributed by atoms with Gasteiger partial charge in [0.25, 0.3) is 0 Å². The van der Waals surface area contributed by atoms with Gasteiger partial charge in [-0.3, -0.25) is 4.79 Å². The summed E-state index contributed by atoms with van der Waals surface area (Å²) in [4.78, 5) is 12.0. The van der Waals surface area contributed by atoms with Crippen molar-refractivity contribution < 1.29 is 19.0 Å². The van der Waals surface area contributed by atoms with Gasteiger partial charge in [0.2, 0.25) is 5.91 Å². The maximum Gasteiger partial charge on any atom is 0.239 e. The van der Waals surface area contributed by atoms with Crippen LogP contribution in [0.4, 0.5) is 5.69 Å². The van der Waals surface area contributed by atoms with E-state index in [2.05, 4.69) is 10.6 Å². The number of carbonyl (C=O) groups excluding carboxylic acids is 1. The van der Waals surface area contributed by atoms with Crippen LogP contribution in [0.1, 0.15) is 5.56 Å². The first kappa shape index (κ1) is 20.4. The van der Waals surface area contributed by atoms with Gasteiger partial charge >= 0.3 is 0 Å². The third kappa shape index (κ3) is 5.76. The average Bonchev–Trinajstić information content (AvgIpc) is 2.64. The largest absolute Gasteiger partial charge is 0.496 e. The Balaban J connectivity index is 0.00000312. The number of benzene rings is 2. The molecule has 0 spiro atoms. The Morgan fingerprint density at radius 3 is 2.12 bits per heavy atom. The summed E-state index contributed by atoms with van der Waals surface area (Å²) in [6, 6.07) is 13.1. The van der Waals surface area contributed by atoms with Crippen LogP contribution in [-0.2, 0) is 11.3 Å². The van der Waals surface area contributed by atoms with Gasteiger partial charge in [-0.05, 0) is 18.2 Å². The predicted octanol–water partition coefficient (Wildman–Crippen LogP) is 2.86. The van der Waals surface area contributed by atoms with Gasteiger partial charge in [0.1, 0.15) is 5.75 Å². The molecule has 0 saturated heterocycles. The van der Waals surface area contributed by atoms with E-state index in [0.717, 1.165) is 11.3 Å². The van der Waals surface area contributed by atoms with E-state index in [1.165, 1.54) is 0 Å². The monoisotopic (exact) mass is 366 g/mol. The highest BCUT2D eigenvalue weighted by atomic mass is 35.5. The molecular weight excluding hydrogens is 344 g/mol. The fourth-order valence-corrected chi connectivity index (χ4v) is 2.23. The highest BCUT2D eigenvalue weighted by molar-refractivity contribution is 5.85. The van der Waals surface area contributed by atoms with Crippen LogP contribution < -0.4 is 24.8 Å². The van der Waals surface area contributed by atoms with Crippen molar-refractivity contribution in [1.82, 2.24) is 5.32 Å². The van der Waals surface area contributed by atoms with E-state index in [1.807, 2.05) is 30.3 Å². The number of anilines is 1. The highest BCUT2D eigenvalue weighted by Crippen LogP contribution is 2.34. The zero-order valence-electron chi connectivity index (χ0n) is 14.5. The van der Waals surface area contributed by atoms with Gasteiger partial charge in [-0.15, -0.1) is 12.4 Å². The molecule has 7 heteroatoms. The van der Waals surface area contributed by atoms with Crippen LogP contribution in [0.25, 0.3) is 0 Å². The number of para-hydroxylation sites is 1. The summed E-state index contributed by atoms with van der Waals surface area (Å²) < 4.78 is 15.9. The van der Waals surface area contributed by atoms with E-state index in [0.29, 0.717) is 23.8 Å².